The fourth-order valence-corrected chi connectivity index (χ4v) is 3.21. The molecule has 0 aromatic carbocycles. The van der Waals surface area contributed by atoms with Gasteiger partial charge in [0.25, 0.3) is 0 Å². The lowest BCUT2D eigenvalue weighted by atomic mass is 9.73. The van der Waals surface area contributed by atoms with E-state index in [0.717, 1.165) is 5.57 Å². The number of allylic oxidation sites excluding steroid dienone is 2. The minimum absolute atomic E-state index is 0.00616. The first-order chi connectivity index (χ1) is 13.9. The van der Waals surface area contributed by atoms with Gasteiger partial charge in [-0.1, -0.05) is 80.7 Å². The minimum Gasteiger partial charge on any atom is -0.478 e. The number of carboxylic acid groups (broad SMARTS) is 1. The second-order valence-corrected chi connectivity index (χ2v) is 10.3. The molecule has 0 bridgehead atoms. The number of carbonyl (C=O) groups is 3. The predicted molar refractivity (Wildman–Crippen MR) is 126 cm³/mol. The van der Waals surface area contributed by atoms with E-state index >= 15 is 0 Å². The average Bonchev–Trinajstić information content (AvgIpc) is 2.65. The van der Waals surface area contributed by atoms with Gasteiger partial charge in [-0.15, -0.1) is 0 Å². The quantitative estimate of drug-likeness (QED) is 0.393. The van der Waals surface area contributed by atoms with E-state index in [-0.39, 0.29) is 23.3 Å². The minimum atomic E-state index is -1.02. The Bertz CT molecular complexity index is 741. The van der Waals surface area contributed by atoms with Crippen molar-refractivity contribution < 1.29 is 19.5 Å². The Labute approximate surface area is 188 Å². The summed E-state index contributed by atoms with van der Waals surface area (Å²) in [5, 5.41) is 12.2. The van der Waals surface area contributed by atoms with Gasteiger partial charge in [0, 0.05) is 24.0 Å². The monoisotopic (exact) mass is 434 g/mol. The molecule has 0 saturated carbocycles. The van der Waals surface area contributed by atoms with Gasteiger partial charge in [0.05, 0.1) is 6.04 Å². The van der Waals surface area contributed by atoms with Crippen LogP contribution in [0, 0.1) is 22.7 Å². The molecule has 2 N–H and O–H groups in total. The number of likely N-dealkylation sites (N-methyl/N-ethyl adjacent to an activating group) is 1. The van der Waals surface area contributed by atoms with Crippen LogP contribution in [0.15, 0.2) is 36.5 Å². The summed E-state index contributed by atoms with van der Waals surface area (Å²) in [6.45, 7) is 24.5. The molecule has 0 aliphatic heterocycles. The number of hydrogen-bond donors (Lipinski definition) is 2. The maximum absolute atomic E-state index is 13.5. The van der Waals surface area contributed by atoms with Gasteiger partial charge in [-0.25, -0.2) is 4.79 Å². The molecule has 0 heterocycles. The van der Waals surface area contributed by atoms with Crippen LogP contribution in [-0.2, 0) is 14.4 Å². The van der Waals surface area contributed by atoms with Gasteiger partial charge in [-0.2, -0.15) is 0 Å². The van der Waals surface area contributed by atoms with Crippen LogP contribution in [0.2, 0.25) is 0 Å². The van der Waals surface area contributed by atoms with Gasteiger partial charge in [0.15, 0.2) is 0 Å². The molecule has 0 aromatic rings. The number of nitrogens with one attached hydrogen (secondary N) is 1. The molecule has 176 valence electrons. The fraction of sp³-hybridized carbons (Fsp3) is 0.640. The number of hydrogen-bond acceptors (Lipinski definition) is 3. The average molecular weight is 435 g/mol. The van der Waals surface area contributed by atoms with E-state index in [1.807, 2.05) is 55.4 Å². The number of amides is 2. The number of carboxylic acids is 1. The first-order valence-corrected chi connectivity index (χ1v) is 10.7. The largest absolute Gasteiger partial charge is 0.478 e. The van der Waals surface area contributed by atoms with Crippen molar-refractivity contribution >= 4 is 17.8 Å². The van der Waals surface area contributed by atoms with Crippen LogP contribution in [0.3, 0.4) is 0 Å². The fourth-order valence-electron chi connectivity index (χ4n) is 3.21. The lowest BCUT2D eigenvalue weighted by Crippen LogP contribution is -2.57. The Morgan fingerprint density at radius 2 is 1.55 bits per heavy atom. The summed E-state index contributed by atoms with van der Waals surface area (Å²) in [5.74, 6) is -1.97. The van der Waals surface area contributed by atoms with Crippen LogP contribution in [0.5, 0.6) is 0 Å². The highest BCUT2D eigenvalue weighted by Crippen LogP contribution is 2.35. The first kappa shape index (κ1) is 28.6. The van der Waals surface area contributed by atoms with Gasteiger partial charge < -0.3 is 15.3 Å². The highest BCUT2D eigenvalue weighted by molar-refractivity contribution is 5.90. The van der Waals surface area contributed by atoms with Crippen molar-refractivity contribution in [2.75, 3.05) is 7.05 Å². The third kappa shape index (κ3) is 7.37. The number of nitrogens with zero attached hydrogens (tertiary/aromatic N) is 1. The van der Waals surface area contributed by atoms with Crippen molar-refractivity contribution in [3.63, 3.8) is 0 Å². The zero-order valence-corrected chi connectivity index (χ0v) is 21.0. The maximum atomic E-state index is 13.5. The molecule has 6 heteroatoms. The van der Waals surface area contributed by atoms with Crippen molar-refractivity contribution in [3.8, 4) is 0 Å². The Morgan fingerprint density at radius 3 is 1.90 bits per heavy atom. The summed E-state index contributed by atoms with van der Waals surface area (Å²) >= 11 is 0. The zero-order valence-electron chi connectivity index (χ0n) is 21.0. The van der Waals surface area contributed by atoms with Gasteiger partial charge in [-0.05, 0) is 23.8 Å². The molecule has 0 fully saturated rings. The maximum Gasteiger partial charge on any atom is 0.331 e. The molecule has 0 aliphatic rings. The van der Waals surface area contributed by atoms with Gasteiger partial charge in [0.2, 0.25) is 11.8 Å². The third-order valence-corrected chi connectivity index (χ3v) is 6.19. The number of rotatable bonds is 10. The summed E-state index contributed by atoms with van der Waals surface area (Å²) in [6.07, 6.45) is 3.24. The normalized spacial score (nSPS) is 15.6. The molecule has 3 atom stereocenters. The Morgan fingerprint density at radius 1 is 1.06 bits per heavy atom. The van der Waals surface area contributed by atoms with Gasteiger partial charge >= 0.3 is 5.97 Å². The zero-order chi connectivity index (χ0) is 24.9. The molecule has 0 rings (SSSR count). The van der Waals surface area contributed by atoms with E-state index in [4.69, 9.17) is 0 Å². The Hall–Kier alpha value is -2.37. The molecular formula is C25H42N2O4. The van der Waals surface area contributed by atoms with Crippen LogP contribution < -0.4 is 5.32 Å². The van der Waals surface area contributed by atoms with Crippen molar-refractivity contribution in [2.45, 2.75) is 74.4 Å². The molecule has 2 amide bonds. The molecule has 31 heavy (non-hydrogen) atoms. The highest BCUT2D eigenvalue weighted by Gasteiger charge is 2.40. The Kier molecular flexibility index (Phi) is 9.96. The second kappa shape index (κ2) is 10.8. The van der Waals surface area contributed by atoms with Gasteiger partial charge in [0.1, 0.15) is 6.04 Å². The van der Waals surface area contributed by atoms with E-state index in [1.165, 1.54) is 11.8 Å². The smallest absolute Gasteiger partial charge is 0.331 e. The van der Waals surface area contributed by atoms with Crippen LogP contribution in [0.25, 0.3) is 0 Å². The summed E-state index contributed by atoms with van der Waals surface area (Å²) < 4.78 is 0. The second-order valence-electron chi connectivity index (χ2n) is 10.3. The summed E-state index contributed by atoms with van der Waals surface area (Å²) in [7, 11) is 1.65. The SMILES string of the molecule is C=CC(=C)C(C)(C)[C@H](C)C(=O)NC(C(=O)N(C)[C@H](/C=C(\C)C(=O)O)C(C)C)C(C)(C)C. The van der Waals surface area contributed by atoms with Crippen molar-refractivity contribution in [1.29, 1.82) is 0 Å². The predicted octanol–water partition coefficient (Wildman–Crippen LogP) is 4.44. The molecule has 0 radical (unpaired) electrons. The highest BCUT2D eigenvalue weighted by atomic mass is 16.4. The third-order valence-electron chi connectivity index (χ3n) is 6.19. The first-order valence-electron chi connectivity index (χ1n) is 10.7. The molecule has 1 unspecified atom stereocenters. The van der Waals surface area contributed by atoms with E-state index in [0.29, 0.717) is 0 Å². The number of carbonyl (C=O) groups excluding carboxylic acids is 2. The van der Waals surface area contributed by atoms with E-state index in [2.05, 4.69) is 18.5 Å². The van der Waals surface area contributed by atoms with E-state index in [1.54, 1.807) is 19.2 Å². The molecular weight excluding hydrogens is 392 g/mol. The molecule has 0 aliphatic carbocycles. The van der Waals surface area contributed by atoms with Crippen LogP contribution in [-0.4, -0.2) is 46.9 Å². The van der Waals surface area contributed by atoms with Crippen LogP contribution in [0.4, 0.5) is 0 Å². The molecule has 0 saturated heterocycles. The standard InChI is InChI=1S/C25H42N2O4/c1-13-17(5)25(10,11)18(6)21(28)26-20(24(7,8)9)22(29)27(12)19(15(2)3)14-16(4)23(30)31/h13-15,18-20H,1,5H2,2-4,6-12H3,(H,26,28)(H,30,31)/b16-14+/t18-,19-,20?/m1/s1. The topological polar surface area (TPSA) is 86.7 Å². The van der Waals surface area contributed by atoms with E-state index in [9.17, 15) is 19.5 Å². The summed E-state index contributed by atoms with van der Waals surface area (Å²) in [5.41, 5.74) is -0.147. The summed E-state index contributed by atoms with van der Waals surface area (Å²) in [6, 6.07) is -1.19. The van der Waals surface area contributed by atoms with Crippen molar-refractivity contribution in [1.82, 2.24) is 10.2 Å². The lowest BCUT2D eigenvalue weighted by Gasteiger charge is -2.39. The van der Waals surface area contributed by atoms with Crippen LogP contribution in [0.1, 0.15) is 62.3 Å². The Balaban J connectivity index is 5.95. The molecule has 0 aromatic heterocycles. The molecule has 0 spiro atoms. The van der Waals surface area contributed by atoms with Crippen LogP contribution >= 0.6 is 0 Å². The number of aliphatic carboxylic acids is 1. The lowest BCUT2D eigenvalue weighted by molar-refractivity contribution is -0.141. The van der Waals surface area contributed by atoms with Crippen molar-refractivity contribution in [2.24, 2.45) is 22.7 Å². The van der Waals surface area contributed by atoms with Gasteiger partial charge in [-0.3, -0.25) is 9.59 Å². The molecule has 6 nitrogen and oxygen atoms in total. The van der Waals surface area contributed by atoms with E-state index < -0.39 is 34.8 Å². The van der Waals surface area contributed by atoms with Crippen molar-refractivity contribution in [3.05, 3.63) is 36.5 Å². The summed E-state index contributed by atoms with van der Waals surface area (Å²) in [4.78, 5) is 39.4.